The van der Waals surface area contributed by atoms with Crippen LogP contribution in [0, 0.1) is 0 Å². The SMILES string of the molecule is CC1C[SiH](C)O[SiH](C)O[Si](CC[Si]O[Si]O[Si]CC[Si]2OC(C)C[Si](C)(CC[Si]O[Si]O[Si]CC[Si]3OC(C)C[SiH](C)O[SiH](C)O3)O[SiH](C)O2)O1. The molecule has 0 spiro atoms. The summed E-state index contributed by atoms with van der Waals surface area (Å²) in [6.45, 7) is 19.7. The monoisotopic (exact) mass is 961 g/mol. The van der Waals surface area contributed by atoms with Crippen molar-refractivity contribution in [3.63, 3.8) is 0 Å². The lowest BCUT2D eigenvalue weighted by molar-refractivity contribution is 0.181. The smallest absolute Gasteiger partial charge is 0.409 e. The first-order valence-corrected chi connectivity index (χ1v) is 42.7. The Morgan fingerprint density at radius 1 is 0.588 bits per heavy atom. The second kappa shape index (κ2) is 27.4. The van der Waals surface area contributed by atoms with E-state index in [1.807, 2.05) is 0 Å². The van der Waals surface area contributed by atoms with Crippen LogP contribution in [0.4, 0.5) is 0 Å². The van der Waals surface area contributed by atoms with Crippen molar-refractivity contribution in [2.24, 2.45) is 0 Å². The average molecular weight is 963 g/mol. The maximum absolute atomic E-state index is 6.72. The zero-order valence-corrected chi connectivity index (χ0v) is 47.5. The molecule has 0 aromatic rings. The minimum atomic E-state index is -1.95. The number of hydrogen-bond acceptors (Lipinski definition) is 13. The van der Waals surface area contributed by atoms with Crippen molar-refractivity contribution in [2.75, 3.05) is 0 Å². The Labute approximate surface area is 338 Å². The lowest BCUT2D eigenvalue weighted by atomic mass is 10.5. The Kier molecular flexibility index (Phi) is 25.9. The quantitative estimate of drug-likeness (QED) is 0.131. The standard InChI is InChI=1S/C23H57O13Si15/c1-21-18-43(4)31-45(6)33-48(24-21)14-10-37-27-41-28-39-12-16-50-26-23(3)20-51(9,36-47(8)35-50)17-13-40-30-42-29-38-11-15-49-25-22(2)19-44(5)32-46(7)34-49/h21-23,43-47H,10-20H2,1-9H3. The van der Waals surface area contributed by atoms with Crippen LogP contribution in [0.5, 0.6) is 0 Å². The Hall–Kier alpha value is 2.73. The Bertz CT molecular complexity index is 878. The highest BCUT2D eigenvalue weighted by Gasteiger charge is 2.38. The van der Waals surface area contributed by atoms with Crippen molar-refractivity contribution < 1.29 is 54.4 Å². The van der Waals surface area contributed by atoms with Crippen LogP contribution in [0.15, 0.2) is 0 Å². The molecule has 9 atom stereocenters. The van der Waals surface area contributed by atoms with E-state index in [9.17, 15) is 0 Å². The summed E-state index contributed by atoms with van der Waals surface area (Å²) >= 11 is 0. The van der Waals surface area contributed by atoms with E-state index in [0.717, 1.165) is 66.5 Å². The van der Waals surface area contributed by atoms with Gasteiger partial charge in [0.2, 0.25) is 39.1 Å². The average Bonchev–Trinajstić information content (AvgIpc) is 3.00. The first kappa shape index (κ1) is 48.1. The normalized spacial score (nSPS) is 34.3. The second-order valence-corrected chi connectivity index (χ2v) is 41.8. The van der Waals surface area contributed by atoms with Gasteiger partial charge in [-0.3, -0.25) is 0 Å². The molecule has 3 heterocycles. The Balaban J connectivity index is 1.18. The molecule has 0 amide bonds. The molecule has 13 nitrogen and oxygen atoms in total. The van der Waals surface area contributed by atoms with Gasteiger partial charge in [-0.15, -0.1) is 0 Å². The molecule has 51 heavy (non-hydrogen) atoms. The van der Waals surface area contributed by atoms with E-state index >= 15 is 0 Å². The molecular weight excluding hydrogens is 906 g/mol. The molecule has 0 aromatic heterocycles. The van der Waals surface area contributed by atoms with Gasteiger partial charge in [0, 0.05) is 18.3 Å². The number of hydrogen-bond donors (Lipinski definition) is 0. The summed E-state index contributed by atoms with van der Waals surface area (Å²) in [5.74, 6) is 0. The summed E-state index contributed by atoms with van der Waals surface area (Å²) in [5, 5.41) is 0. The summed E-state index contributed by atoms with van der Waals surface area (Å²) in [6, 6.07) is 10.8. The molecule has 3 rings (SSSR count). The fourth-order valence-electron chi connectivity index (χ4n) is 5.94. The van der Waals surface area contributed by atoms with E-state index < -0.39 is 82.1 Å². The molecule has 3 aliphatic rings. The van der Waals surface area contributed by atoms with Crippen molar-refractivity contribution >= 4 is 141 Å². The van der Waals surface area contributed by atoms with E-state index in [-0.39, 0.29) is 38.3 Å². The van der Waals surface area contributed by atoms with Gasteiger partial charge in [0.1, 0.15) is 0 Å². The van der Waals surface area contributed by atoms with Gasteiger partial charge in [-0.2, -0.15) is 0 Å². The van der Waals surface area contributed by atoms with E-state index in [1.165, 1.54) is 0 Å². The molecule has 28 heteroatoms. The molecule has 3 saturated heterocycles. The van der Waals surface area contributed by atoms with Gasteiger partial charge in [-0.1, -0.05) is 0 Å². The molecule has 0 aromatic carbocycles. The van der Waals surface area contributed by atoms with Crippen molar-refractivity contribution in [1.82, 2.24) is 0 Å². The first-order valence-electron chi connectivity index (χ1n) is 18.0. The van der Waals surface area contributed by atoms with Gasteiger partial charge in [0.25, 0.3) is 27.9 Å². The van der Waals surface area contributed by atoms with E-state index in [0.29, 0.717) is 39.1 Å². The van der Waals surface area contributed by atoms with E-state index in [1.54, 1.807) is 0 Å². The summed E-state index contributed by atoms with van der Waals surface area (Å²) in [4.78, 5) is 0. The molecule has 3 fully saturated rings. The lowest BCUT2D eigenvalue weighted by Crippen LogP contribution is -2.49. The number of rotatable bonds is 20. The lowest BCUT2D eigenvalue weighted by Gasteiger charge is -2.37. The molecule has 3 aliphatic heterocycles. The topological polar surface area (TPSA) is 120 Å². The molecule has 0 N–H and O–H groups in total. The first-order chi connectivity index (χ1) is 24.4. The third kappa shape index (κ3) is 22.5. The third-order valence-electron chi connectivity index (χ3n) is 7.74. The van der Waals surface area contributed by atoms with Gasteiger partial charge >= 0.3 is 47.9 Å². The molecule has 0 saturated carbocycles. The van der Waals surface area contributed by atoms with Crippen LogP contribution in [-0.2, 0) is 54.4 Å². The summed E-state index contributed by atoms with van der Waals surface area (Å²) in [7, 11) is -11.3. The van der Waals surface area contributed by atoms with Crippen LogP contribution in [0.25, 0.3) is 0 Å². The molecule has 0 aliphatic carbocycles. The van der Waals surface area contributed by atoms with Crippen molar-refractivity contribution in [3.05, 3.63) is 0 Å². The predicted octanol–water partition coefficient (Wildman–Crippen LogP) is 1.92. The highest BCUT2D eigenvalue weighted by atomic mass is 28.4. The van der Waals surface area contributed by atoms with E-state index in [2.05, 4.69) is 60.1 Å². The van der Waals surface area contributed by atoms with E-state index in [4.69, 9.17) is 54.4 Å². The van der Waals surface area contributed by atoms with Gasteiger partial charge in [0.05, 0.1) is 0 Å². The van der Waals surface area contributed by atoms with Gasteiger partial charge < -0.3 is 54.4 Å². The second-order valence-electron chi connectivity index (χ2n) is 13.2. The predicted molar refractivity (Wildman–Crippen MR) is 224 cm³/mol. The van der Waals surface area contributed by atoms with Crippen LogP contribution in [0.3, 0.4) is 0 Å². The maximum atomic E-state index is 6.72. The Morgan fingerprint density at radius 3 is 1.43 bits per heavy atom. The highest BCUT2D eigenvalue weighted by Crippen LogP contribution is 2.27. The fourth-order valence-corrected chi connectivity index (χ4v) is 40.7. The van der Waals surface area contributed by atoms with Gasteiger partial charge in [-0.05, 0) is 127 Å². The van der Waals surface area contributed by atoms with Crippen LogP contribution >= 0.6 is 0 Å². The van der Waals surface area contributed by atoms with Crippen molar-refractivity contribution in [2.45, 2.75) is 145 Å². The van der Waals surface area contributed by atoms with Crippen LogP contribution in [0.1, 0.15) is 20.8 Å². The minimum Gasteiger partial charge on any atom is -0.441 e. The highest BCUT2D eigenvalue weighted by molar-refractivity contribution is 6.80. The van der Waals surface area contributed by atoms with Crippen LogP contribution in [-0.4, -0.2) is 159 Å². The minimum absolute atomic E-state index is 0.0679. The third-order valence-corrected chi connectivity index (χ3v) is 42.1. The van der Waals surface area contributed by atoms with Crippen molar-refractivity contribution in [3.8, 4) is 0 Å². The van der Waals surface area contributed by atoms with Crippen LogP contribution < -0.4 is 0 Å². The molecule has 9 unspecified atom stereocenters. The Morgan fingerprint density at radius 2 is 0.980 bits per heavy atom. The molecular formula is C23H57O13Si15. The zero-order valence-electron chi connectivity index (χ0n) is 31.7. The van der Waals surface area contributed by atoms with Gasteiger partial charge in [-0.25, -0.2) is 0 Å². The largest absolute Gasteiger partial charge is 0.441 e. The fraction of sp³-hybridized carbons (Fsp3) is 1.00. The molecule has 0 bridgehead atoms. The summed E-state index contributed by atoms with van der Waals surface area (Å²) < 4.78 is 79.9. The summed E-state index contributed by atoms with van der Waals surface area (Å²) in [6.07, 6.45) is 0.616. The molecule has 15 radical (unpaired) electrons. The van der Waals surface area contributed by atoms with Crippen molar-refractivity contribution in [1.29, 1.82) is 0 Å². The maximum Gasteiger partial charge on any atom is 0.409 e. The zero-order chi connectivity index (χ0) is 37.1. The summed E-state index contributed by atoms with van der Waals surface area (Å²) in [5.41, 5.74) is 0. The van der Waals surface area contributed by atoms with Crippen LogP contribution in [0.2, 0.25) is 106 Å². The van der Waals surface area contributed by atoms with Gasteiger partial charge in [0.15, 0.2) is 26.4 Å². The molecule has 287 valence electrons.